The molecule has 0 saturated carbocycles. The van der Waals surface area contributed by atoms with E-state index in [-0.39, 0.29) is 13.2 Å². The van der Waals surface area contributed by atoms with Crippen molar-refractivity contribution in [1.82, 2.24) is 0 Å². The highest BCUT2D eigenvalue weighted by atomic mass is 32.2. The molecule has 0 aliphatic rings. The van der Waals surface area contributed by atoms with Crippen LogP contribution in [0.2, 0.25) is 0 Å². The van der Waals surface area contributed by atoms with Gasteiger partial charge in [-0.2, -0.15) is 0 Å². The van der Waals surface area contributed by atoms with Crippen LogP contribution in [-0.2, 0) is 26.9 Å². The van der Waals surface area contributed by atoms with Crippen LogP contribution in [0.5, 0.6) is 0 Å². The summed E-state index contributed by atoms with van der Waals surface area (Å²) in [6.45, 7) is 6.71. The lowest BCUT2D eigenvalue weighted by Gasteiger charge is -2.11. The maximum atomic E-state index is 10.6. The van der Waals surface area contributed by atoms with E-state index in [1.807, 2.05) is 0 Å². The fourth-order valence-corrected chi connectivity index (χ4v) is 1.47. The van der Waals surface area contributed by atoms with Gasteiger partial charge in [-0.05, 0) is 0 Å². The van der Waals surface area contributed by atoms with Crippen molar-refractivity contribution < 1.29 is 22.3 Å². The van der Waals surface area contributed by atoms with Crippen LogP contribution in [0.1, 0.15) is 0 Å². The molecule has 2 N–H and O–H groups in total. The second-order valence-electron chi connectivity index (χ2n) is 2.64. The second kappa shape index (κ2) is 7.89. The molecule has 4 atom stereocenters. The highest BCUT2D eigenvalue weighted by Gasteiger charge is 2.14. The largest absolute Gasteiger partial charge is 0.378 e. The van der Waals surface area contributed by atoms with Gasteiger partial charge in [-0.1, -0.05) is 12.2 Å². The van der Waals surface area contributed by atoms with Gasteiger partial charge < -0.3 is 13.8 Å². The van der Waals surface area contributed by atoms with Crippen molar-refractivity contribution >= 4 is 22.2 Å². The predicted octanol–water partition coefficient (Wildman–Crippen LogP) is 0.556. The average molecular weight is 254 g/mol. The topological polar surface area (TPSA) is 83.8 Å². The average Bonchev–Trinajstić information content (AvgIpc) is 2.17. The van der Waals surface area contributed by atoms with Gasteiger partial charge in [0.2, 0.25) is 0 Å². The van der Waals surface area contributed by atoms with E-state index in [0.717, 1.165) is 0 Å². The van der Waals surface area contributed by atoms with E-state index in [9.17, 15) is 8.42 Å². The van der Waals surface area contributed by atoms with Crippen LogP contribution in [-0.4, -0.2) is 41.2 Å². The lowest BCUT2D eigenvalue weighted by atomic mass is 10.4. The van der Waals surface area contributed by atoms with Gasteiger partial charge in [0.25, 0.3) is 0 Å². The van der Waals surface area contributed by atoms with E-state index in [2.05, 4.69) is 13.2 Å². The molecule has 0 fully saturated rings. The molecular formula is C8H14O5S2. The van der Waals surface area contributed by atoms with Crippen molar-refractivity contribution in [2.24, 2.45) is 0 Å². The van der Waals surface area contributed by atoms with Crippen LogP contribution in [0.15, 0.2) is 25.3 Å². The van der Waals surface area contributed by atoms with Gasteiger partial charge in [-0.3, -0.25) is 0 Å². The van der Waals surface area contributed by atoms with Crippen LogP contribution < -0.4 is 0 Å². The normalized spacial score (nSPS) is 18.8. The molecule has 0 bridgehead atoms. The van der Waals surface area contributed by atoms with Crippen molar-refractivity contribution in [3.05, 3.63) is 25.3 Å². The van der Waals surface area contributed by atoms with Crippen LogP contribution >= 0.6 is 0 Å². The fraction of sp³-hybridized carbons (Fsp3) is 0.500. The molecule has 0 heterocycles. The first-order valence-corrected chi connectivity index (χ1v) is 6.39. The summed E-state index contributed by atoms with van der Waals surface area (Å²) in [6.07, 6.45) is 2.60. The first-order valence-electron chi connectivity index (χ1n) is 4.05. The van der Waals surface area contributed by atoms with E-state index < -0.39 is 32.7 Å². The SMILES string of the molecule is C=CC(COCC(C=C)S(=O)O)S(=O)O. The van der Waals surface area contributed by atoms with Gasteiger partial charge in [0.05, 0.1) is 13.2 Å². The molecule has 0 aromatic carbocycles. The van der Waals surface area contributed by atoms with Crippen LogP contribution in [0, 0.1) is 0 Å². The minimum atomic E-state index is -2.04. The maximum absolute atomic E-state index is 10.6. The molecule has 0 amide bonds. The molecule has 15 heavy (non-hydrogen) atoms. The highest BCUT2D eigenvalue weighted by molar-refractivity contribution is 7.80. The summed E-state index contributed by atoms with van der Waals surface area (Å²) in [5.74, 6) is 0. The van der Waals surface area contributed by atoms with Crippen molar-refractivity contribution in [2.75, 3.05) is 13.2 Å². The molecule has 0 spiro atoms. The molecule has 0 aromatic heterocycles. The van der Waals surface area contributed by atoms with Crippen LogP contribution in [0.3, 0.4) is 0 Å². The monoisotopic (exact) mass is 254 g/mol. The Balaban J connectivity index is 3.95. The van der Waals surface area contributed by atoms with Crippen LogP contribution in [0.4, 0.5) is 0 Å². The molecule has 7 heteroatoms. The Bertz CT molecular complexity index is 240. The zero-order chi connectivity index (χ0) is 11.8. The van der Waals surface area contributed by atoms with Gasteiger partial charge in [0.15, 0.2) is 22.2 Å². The summed E-state index contributed by atoms with van der Waals surface area (Å²) in [5.41, 5.74) is 0. The third-order valence-electron chi connectivity index (χ3n) is 1.61. The van der Waals surface area contributed by atoms with Crippen molar-refractivity contribution in [3.8, 4) is 0 Å². The van der Waals surface area contributed by atoms with E-state index in [1.54, 1.807) is 0 Å². The highest BCUT2D eigenvalue weighted by Crippen LogP contribution is 2.00. The van der Waals surface area contributed by atoms with E-state index >= 15 is 0 Å². The summed E-state index contributed by atoms with van der Waals surface area (Å²) in [7, 11) is 0. The van der Waals surface area contributed by atoms with Gasteiger partial charge in [0, 0.05) is 0 Å². The molecule has 0 aliphatic heterocycles. The smallest absolute Gasteiger partial charge is 0.162 e. The number of rotatable bonds is 8. The van der Waals surface area contributed by atoms with Crippen molar-refractivity contribution in [1.29, 1.82) is 0 Å². The number of hydrogen-bond donors (Lipinski definition) is 2. The second-order valence-corrected chi connectivity index (χ2v) is 4.95. The Hall–Kier alpha value is -0.340. The number of ether oxygens (including phenoxy) is 1. The summed E-state index contributed by atoms with van der Waals surface area (Å²) in [4.78, 5) is 0. The van der Waals surface area contributed by atoms with Crippen LogP contribution in [0.25, 0.3) is 0 Å². The molecule has 0 saturated heterocycles. The molecule has 88 valence electrons. The fourth-order valence-electron chi connectivity index (χ4n) is 0.717. The first-order chi connectivity index (χ1) is 7.02. The van der Waals surface area contributed by atoms with E-state index in [4.69, 9.17) is 13.8 Å². The zero-order valence-electron chi connectivity index (χ0n) is 8.07. The molecule has 0 aliphatic carbocycles. The Kier molecular flexibility index (Phi) is 7.71. The summed E-state index contributed by atoms with van der Waals surface area (Å²) in [6, 6.07) is 0. The predicted molar refractivity (Wildman–Crippen MR) is 60.3 cm³/mol. The lowest BCUT2D eigenvalue weighted by Crippen LogP contribution is -2.24. The third-order valence-corrected chi connectivity index (χ3v) is 3.30. The van der Waals surface area contributed by atoms with Gasteiger partial charge in [-0.15, -0.1) is 13.2 Å². The Labute approximate surface area is 93.8 Å². The lowest BCUT2D eigenvalue weighted by molar-refractivity contribution is 0.145. The molecular weight excluding hydrogens is 240 g/mol. The summed E-state index contributed by atoms with van der Waals surface area (Å²) in [5, 5.41) is -1.38. The Morgan fingerprint density at radius 1 is 1.07 bits per heavy atom. The zero-order valence-corrected chi connectivity index (χ0v) is 9.71. The minimum Gasteiger partial charge on any atom is -0.378 e. The van der Waals surface area contributed by atoms with Gasteiger partial charge in [0.1, 0.15) is 10.5 Å². The Morgan fingerprint density at radius 2 is 1.40 bits per heavy atom. The maximum Gasteiger partial charge on any atom is 0.162 e. The third kappa shape index (κ3) is 5.95. The van der Waals surface area contributed by atoms with E-state index in [1.165, 1.54) is 12.2 Å². The quantitative estimate of drug-likeness (QED) is 0.488. The Morgan fingerprint density at radius 3 is 1.60 bits per heavy atom. The minimum absolute atomic E-state index is 0.0197. The van der Waals surface area contributed by atoms with Crippen molar-refractivity contribution in [3.63, 3.8) is 0 Å². The molecule has 0 rings (SSSR count). The van der Waals surface area contributed by atoms with E-state index in [0.29, 0.717) is 0 Å². The number of hydrogen-bond acceptors (Lipinski definition) is 3. The molecule has 4 unspecified atom stereocenters. The molecule has 0 aromatic rings. The standard InChI is InChI=1S/C8H14O5S2/c1-3-7(14(9)10)5-13-6-8(4-2)15(11)12/h3-4,7-8H,1-2,5-6H2,(H,9,10)(H,11,12). The van der Waals surface area contributed by atoms with Gasteiger partial charge in [-0.25, -0.2) is 8.42 Å². The first kappa shape index (κ1) is 14.7. The molecule has 5 nitrogen and oxygen atoms in total. The van der Waals surface area contributed by atoms with Gasteiger partial charge >= 0.3 is 0 Å². The summed E-state index contributed by atoms with van der Waals surface area (Å²) < 4.78 is 43.8. The molecule has 0 radical (unpaired) electrons. The summed E-state index contributed by atoms with van der Waals surface area (Å²) >= 11 is -4.08. The van der Waals surface area contributed by atoms with Crippen molar-refractivity contribution in [2.45, 2.75) is 10.5 Å².